The van der Waals surface area contributed by atoms with Gasteiger partial charge in [0.1, 0.15) is 0 Å². The highest BCUT2D eigenvalue weighted by atomic mass is 127. The van der Waals surface area contributed by atoms with E-state index in [4.69, 9.17) is 14.5 Å². The van der Waals surface area contributed by atoms with Crippen molar-refractivity contribution < 1.29 is 9.47 Å². The zero-order valence-electron chi connectivity index (χ0n) is 16.2. The molecule has 1 atom stereocenters. The van der Waals surface area contributed by atoms with Gasteiger partial charge in [-0.3, -0.25) is 0 Å². The van der Waals surface area contributed by atoms with E-state index in [1.807, 2.05) is 18.3 Å². The maximum Gasteiger partial charge on any atom is 0.213 e. The van der Waals surface area contributed by atoms with Crippen LogP contribution in [-0.4, -0.2) is 55.3 Å². The number of rotatable bonds is 6. The lowest BCUT2D eigenvalue weighted by molar-refractivity contribution is 0.156. The molecule has 1 aromatic heterocycles. The molecule has 4 rings (SSSR count). The summed E-state index contributed by atoms with van der Waals surface area (Å²) in [5.74, 6) is 2.47. The number of nitrogens with one attached hydrogen (secondary N) is 1. The number of hydrogen-bond acceptors (Lipinski definition) is 4. The Morgan fingerprint density at radius 1 is 1.44 bits per heavy atom. The predicted molar refractivity (Wildman–Crippen MR) is 117 cm³/mol. The Hall–Kier alpha value is -1.09. The third kappa shape index (κ3) is 5.47. The summed E-state index contributed by atoms with van der Waals surface area (Å²) >= 11 is 0. The van der Waals surface area contributed by atoms with E-state index in [9.17, 15) is 0 Å². The van der Waals surface area contributed by atoms with Crippen LogP contribution in [0.5, 0.6) is 5.88 Å². The summed E-state index contributed by atoms with van der Waals surface area (Å²) in [6, 6.07) is 4.04. The van der Waals surface area contributed by atoms with Gasteiger partial charge in [-0.05, 0) is 50.2 Å². The SMILES string of the molecule is CCNC(=NCc1ccnc(OCC2CC2)c1)N1CCC2(CCOC2)C1.I. The lowest BCUT2D eigenvalue weighted by Gasteiger charge is -2.25. The van der Waals surface area contributed by atoms with Crippen LogP contribution in [0, 0.1) is 11.3 Å². The fourth-order valence-electron chi connectivity index (χ4n) is 3.79. The average Bonchev–Trinajstić information content (AvgIpc) is 3.24. The smallest absolute Gasteiger partial charge is 0.213 e. The molecule has 3 fully saturated rings. The summed E-state index contributed by atoms with van der Waals surface area (Å²) in [7, 11) is 0. The van der Waals surface area contributed by atoms with E-state index in [-0.39, 0.29) is 24.0 Å². The fraction of sp³-hybridized carbons (Fsp3) is 0.700. The number of guanidine groups is 1. The maximum atomic E-state index is 5.79. The first-order valence-electron chi connectivity index (χ1n) is 9.95. The molecule has 1 unspecified atom stereocenters. The number of aliphatic imine (C=N–C) groups is 1. The van der Waals surface area contributed by atoms with E-state index in [0.717, 1.165) is 62.8 Å². The van der Waals surface area contributed by atoms with E-state index >= 15 is 0 Å². The molecule has 1 aromatic rings. The average molecular weight is 486 g/mol. The second-order valence-corrected chi connectivity index (χ2v) is 7.90. The first kappa shape index (κ1) is 20.6. The summed E-state index contributed by atoms with van der Waals surface area (Å²) < 4.78 is 11.4. The van der Waals surface area contributed by atoms with E-state index in [1.165, 1.54) is 25.7 Å². The lowest BCUT2D eigenvalue weighted by atomic mass is 9.87. The van der Waals surface area contributed by atoms with Gasteiger partial charge in [0.15, 0.2) is 5.96 Å². The minimum absolute atomic E-state index is 0. The quantitative estimate of drug-likeness (QED) is 0.381. The van der Waals surface area contributed by atoms with Gasteiger partial charge < -0.3 is 19.7 Å². The zero-order valence-corrected chi connectivity index (χ0v) is 18.5. The standard InChI is InChI=1S/C20H30N4O2.HI/c1-2-21-19(24-9-6-20(14-24)7-10-25-15-20)23-12-17-5-8-22-18(11-17)26-13-16-3-4-16;/h5,8,11,16H,2-4,6-7,9-10,12-15H2,1H3,(H,21,23);1H. The van der Waals surface area contributed by atoms with Crippen molar-refractivity contribution in [1.29, 1.82) is 0 Å². The van der Waals surface area contributed by atoms with Gasteiger partial charge in [-0.25, -0.2) is 9.98 Å². The van der Waals surface area contributed by atoms with Crippen molar-refractivity contribution >= 4 is 29.9 Å². The largest absolute Gasteiger partial charge is 0.477 e. The third-order valence-electron chi connectivity index (χ3n) is 5.63. The van der Waals surface area contributed by atoms with Crippen LogP contribution in [0.3, 0.4) is 0 Å². The number of hydrogen-bond donors (Lipinski definition) is 1. The highest BCUT2D eigenvalue weighted by Crippen LogP contribution is 2.38. The van der Waals surface area contributed by atoms with Crippen LogP contribution >= 0.6 is 24.0 Å². The highest BCUT2D eigenvalue weighted by Gasteiger charge is 2.42. The molecule has 0 aromatic carbocycles. The van der Waals surface area contributed by atoms with Crippen molar-refractivity contribution in [3.05, 3.63) is 23.9 Å². The molecular formula is C20H31IN4O2. The number of likely N-dealkylation sites (tertiary alicyclic amines) is 1. The molecule has 1 aliphatic carbocycles. The van der Waals surface area contributed by atoms with Crippen LogP contribution < -0.4 is 10.1 Å². The van der Waals surface area contributed by atoms with E-state index in [2.05, 4.69) is 22.1 Å². The van der Waals surface area contributed by atoms with Gasteiger partial charge >= 0.3 is 0 Å². The topological polar surface area (TPSA) is 59.0 Å². The van der Waals surface area contributed by atoms with Crippen LogP contribution in [0.1, 0.15) is 38.2 Å². The first-order valence-corrected chi connectivity index (χ1v) is 9.95. The molecule has 7 heteroatoms. The molecule has 1 saturated carbocycles. The molecule has 1 N–H and O–H groups in total. The highest BCUT2D eigenvalue weighted by molar-refractivity contribution is 14.0. The van der Waals surface area contributed by atoms with Gasteiger partial charge in [-0.1, -0.05) is 0 Å². The summed E-state index contributed by atoms with van der Waals surface area (Å²) in [4.78, 5) is 11.6. The summed E-state index contributed by atoms with van der Waals surface area (Å²) in [5.41, 5.74) is 1.48. The van der Waals surface area contributed by atoms with Crippen LogP contribution in [0.2, 0.25) is 0 Å². The van der Waals surface area contributed by atoms with Gasteiger partial charge in [-0.15, -0.1) is 24.0 Å². The van der Waals surface area contributed by atoms with Crippen molar-refractivity contribution in [2.45, 2.75) is 39.2 Å². The Morgan fingerprint density at radius 3 is 3.07 bits per heavy atom. The number of pyridine rings is 1. The maximum absolute atomic E-state index is 5.79. The molecule has 3 aliphatic rings. The van der Waals surface area contributed by atoms with E-state index in [0.29, 0.717) is 12.0 Å². The van der Waals surface area contributed by atoms with Gasteiger partial charge in [0.2, 0.25) is 5.88 Å². The number of nitrogens with zero attached hydrogens (tertiary/aromatic N) is 3. The van der Waals surface area contributed by atoms with Crippen molar-refractivity contribution in [1.82, 2.24) is 15.2 Å². The van der Waals surface area contributed by atoms with E-state index < -0.39 is 0 Å². The number of halogens is 1. The molecule has 2 saturated heterocycles. The Balaban J connectivity index is 0.00000210. The molecule has 0 bridgehead atoms. The molecule has 0 amide bonds. The second-order valence-electron chi connectivity index (χ2n) is 7.90. The molecule has 1 spiro atoms. The predicted octanol–water partition coefficient (Wildman–Crippen LogP) is 3.07. The van der Waals surface area contributed by atoms with Crippen molar-refractivity contribution in [2.24, 2.45) is 16.3 Å². The zero-order chi connectivity index (χ0) is 17.8. The normalized spacial score (nSPS) is 24.9. The van der Waals surface area contributed by atoms with Crippen LogP contribution in [0.4, 0.5) is 0 Å². The number of ether oxygens (including phenoxy) is 2. The molecule has 6 nitrogen and oxygen atoms in total. The number of aromatic nitrogens is 1. The van der Waals surface area contributed by atoms with Crippen molar-refractivity contribution in [2.75, 3.05) is 39.5 Å². The Bertz CT molecular complexity index is 645. The Labute approximate surface area is 179 Å². The van der Waals surface area contributed by atoms with Crippen LogP contribution in [-0.2, 0) is 11.3 Å². The Kier molecular flexibility index (Phi) is 7.19. The first-order chi connectivity index (χ1) is 12.8. The van der Waals surface area contributed by atoms with E-state index in [1.54, 1.807) is 0 Å². The minimum atomic E-state index is 0. The van der Waals surface area contributed by atoms with Crippen molar-refractivity contribution in [3.63, 3.8) is 0 Å². The Morgan fingerprint density at radius 2 is 2.33 bits per heavy atom. The molecule has 2 aliphatic heterocycles. The molecule has 0 radical (unpaired) electrons. The fourth-order valence-corrected chi connectivity index (χ4v) is 3.79. The second kappa shape index (κ2) is 9.41. The monoisotopic (exact) mass is 486 g/mol. The summed E-state index contributed by atoms with van der Waals surface area (Å²) in [6.45, 7) is 8.34. The summed E-state index contributed by atoms with van der Waals surface area (Å²) in [5, 5.41) is 3.45. The molecular weight excluding hydrogens is 455 g/mol. The van der Waals surface area contributed by atoms with Gasteiger partial charge in [0.25, 0.3) is 0 Å². The molecule has 150 valence electrons. The van der Waals surface area contributed by atoms with Crippen molar-refractivity contribution in [3.8, 4) is 5.88 Å². The van der Waals surface area contributed by atoms with Crippen LogP contribution in [0.15, 0.2) is 23.3 Å². The molecule has 27 heavy (non-hydrogen) atoms. The van der Waals surface area contributed by atoms with Crippen LogP contribution in [0.25, 0.3) is 0 Å². The summed E-state index contributed by atoms with van der Waals surface area (Å²) in [6.07, 6.45) is 6.78. The van der Waals surface area contributed by atoms with Gasteiger partial charge in [-0.2, -0.15) is 0 Å². The third-order valence-corrected chi connectivity index (χ3v) is 5.63. The molecule has 3 heterocycles. The van der Waals surface area contributed by atoms with Gasteiger partial charge in [0.05, 0.1) is 19.8 Å². The lowest BCUT2D eigenvalue weighted by Crippen LogP contribution is -2.41. The minimum Gasteiger partial charge on any atom is -0.477 e. The van der Waals surface area contributed by atoms with Gasteiger partial charge in [0, 0.05) is 43.9 Å².